The summed E-state index contributed by atoms with van der Waals surface area (Å²) in [5.74, 6) is 0.709. The second-order valence-corrected chi connectivity index (χ2v) is 2.94. The number of aromatic amines is 1. The van der Waals surface area contributed by atoms with E-state index in [0.29, 0.717) is 11.4 Å². The lowest BCUT2D eigenvalue weighted by molar-refractivity contribution is 0.440. The van der Waals surface area contributed by atoms with Gasteiger partial charge in [-0.3, -0.25) is 0 Å². The quantitative estimate of drug-likeness (QED) is 0.540. The molecule has 1 rings (SSSR count). The molecule has 13 heavy (non-hydrogen) atoms. The molecule has 70 valence electrons. The molecule has 0 radical (unpaired) electrons. The number of rotatable bonds is 2. The van der Waals surface area contributed by atoms with Gasteiger partial charge in [0.1, 0.15) is 11.6 Å². The van der Waals surface area contributed by atoms with Gasteiger partial charge in [-0.2, -0.15) is 0 Å². The standard InChI is InChI=1S/C10H14N2O/c1-5-9(8(4)13)10-11-6(2)7(3)12-10/h5,13H,4H2,1-3H3,(H,11,12)/b9-5+. The van der Waals surface area contributed by atoms with Crippen LogP contribution >= 0.6 is 0 Å². The Labute approximate surface area is 77.8 Å². The largest absolute Gasteiger partial charge is 0.508 e. The predicted octanol–water partition coefficient (Wildman–Crippen LogP) is 2.50. The second-order valence-electron chi connectivity index (χ2n) is 2.94. The number of nitrogens with zero attached hydrogens (tertiary/aromatic N) is 1. The zero-order valence-corrected chi connectivity index (χ0v) is 8.18. The summed E-state index contributed by atoms with van der Waals surface area (Å²) in [6.45, 7) is 9.17. The molecule has 0 aliphatic carbocycles. The minimum absolute atomic E-state index is 0.0382. The van der Waals surface area contributed by atoms with E-state index in [0.717, 1.165) is 11.4 Å². The fourth-order valence-corrected chi connectivity index (χ4v) is 1.12. The van der Waals surface area contributed by atoms with Gasteiger partial charge >= 0.3 is 0 Å². The van der Waals surface area contributed by atoms with Gasteiger partial charge in [-0.1, -0.05) is 12.7 Å². The van der Waals surface area contributed by atoms with E-state index >= 15 is 0 Å². The van der Waals surface area contributed by atoms with Gasteiger partial charge in [-0.05, 0) is 20.8 Å². The Balaban J connectivity index is 3.14. The SMILES string of the molecule is C=C(O)/C(=C\C)c1nc(C)c(C)[nH]1. The summed E-state index contributed by atoms with van der Waals surface area (Å²) in [6, 6.07) is 0. The second kappa shape index (κ2) is 3.47. The minimum atomic E-state index is 0.0382. The van der Waals surface area contributed by atoms with E-state index in [1.54, 1.807) is 6.08 Å². The van der Waals surface area contributed by atoms with Crippen molar-refractivity contribution in [1.82, 2.24) is 9.97 Å². The van der Waals surface area contributed by atoms with E-state index in [9.17, 15) is 5.11 Å². The number of aryl methyl sites for hydroxylation is 2. The zero-order chi connectivity index (χ0) is 10.0. The van der Waals surface area contributed by atoms with E-state index in [-0.39, 0.29) is 5.76 Å². The van der Waals surface area contributed by atoms with Crippen LogP contribution in [0, 0.1) is 13.8 Å². The van der Waals surface area contributed by atoms with Gasteiger partial charge in [0.25, 0.3) is 0 Å². The molecule has 0 unspecified atom stereocenters. The average molecular weight is 178 g/mol. The topological polar surface area (TPSA) is 48.9 Å². The van der Waals surface area contributed by atoms with Gasteiger partial charge < -0.3 is 10.1 Å². The highest BCUT2D eigenvalue weighted by Crippen LogP contribution is 2.18. The molecule has 0 aliphatic heterocycles. The van der Waals surface area contributed by atoms with Crippen molar-refractivity contribution in [3.63, 3.8) is 0 Å². The molecular weight excluding hydrogens is 164 g/mol. The number of hydrogen-bond donors (Lipinski definition) is 2. The minimum Gasteiger partial charge on any atom is -0.508 e. The molecule has 0 atom stereocenters. The van der Waals surface area contributed by atoms with Crippen molar-refractivity contribution in [2.45, 2.75) is 20.8 Å². The van der Waals surface area contributed by atoms with E-state index in [1.807, 2.05) is 20.8 Å². The Morgan fingerprint density at radius 1 is 1.54 bits per heavy atom. The van der Waals surface area contributed by atoms with Crippen molar-refractivity contribution in [2.24, 2.45) is 0 Å². The summed E-state index contributed by atoms with van der Waals surface area (Å²) in [7, 11) is 0. The third kappa shape index (κ3) is 1.80. The molecule has 2 N–H and O–H groups in total. The molecule has 3 nitrogen and oxygen atoms in total. The molecule has 0 spiro atoms. The molecule has 0 saturated heterocycles. The number of aliphatic hydroxyl groups excluding tert-OH is 1. The normalized spacial score (nSPS) is 11.8. The Kier molecular flexibility index (Phi) is 2.56. The van der Waals surface area contributed by atoms with E-state index in [4.69, 9.17) is 0 Å². The Morgan fingerprint density at radius 2 is 2.15 bits per heavy atom. The molecule has 0 saturated carbocycles. The predicted molar refractivity (Wildman–Crippen MR) is 53.5 cm³/mol. The van der Waals surface area contributed by atoms with Crippen molar-refractivity contribution >= 4 is 5.57 Å². The van der Waals surface area contributed by atoms with Gasteiger partial charge in [0, 0.05) is 5.69 Å². The highest BCUT2D eigenvalue weighted by Gasteiger charge is 2.08. The van der Waals surface area contributed by atoms with Crippen LogP contribution in [-0.2, 0) is 0 Å². The van der Waals surface area contributed by atoms with Crippen LogP contribution in [0.1, 0.15) is 24.1 Å². The maximum atomic E-state index is 9.24. The van der Waals surface area contributed by atoms with Crippen LogP contribution in [0.5, 0.6) is 0 Å². The molecule has 0 amide bonds. The first-order valence-corrected chi connectivity index (χ1v) is 4.14. The summed E-state index contributed by atoms with van der Waals surface area (Å²) in [4.78, 5) is 7.33. The Bertz CT molecular complexity index is 342. The lowest BCUT2D eigenvalue weighted by Crippen LogP contribution is -1.90. The van der Waals surface area contributed by atoms with Crippen LogP contribution < -0.4 is 0 Å². The van der Waals surface area contributed by atoms with Gasteiger partial charge in [0.05, 0.1) is 11.3 Å². The van der Waals surface area contributed by atoms with Crippen molar-refractivity contribution in [1.29, 1.82) is 0 Å². The van der Waals surface area contributed by atoms with Crippen molar-refractivity contribution in [3.8, 4) is 0 Å². The molecule has 0 fully saturated rings. The first-order chi connectivity index (χ1) is 6.06. The van der Waals surface area contributed by atoms with Gasteiger partial charge in [0.15, 0.2) is 0 Å². The third-order valence-corrected chi connectivity index (χ3v) is 1.98. The first-order valence-electron chi connectivity index (χ1n) is 4.14. The van der Waals surface area contributed by atoms with Crippen LogP contribution in [0.3, 0.4) is 0 Å². The lowest BCUT2D eigenvalue weighted by atomic mass is 10.2. The zero-order valence-electron chi connectivity index (χ0n) is 8.18. The highest BCUT2D eigenvalue weighted by atomic mass is 16.3. The van der Waals surface area contributed by atoms with E-state index < -0.39 is 0 Å². The maximum absolute atomic E-state index is 9.24. The summed E-state index contributed by atoms with van der Waals surface area (Å²) in [5.41, 5.74) is 2.60. The summed E-state index contributed by atoms with van der Waals surface area (Å²) >= 11 is 0. The van der Waals surface area contributed by atoms with E-state index in [1.165, 1.54) is 0 Å². The summed E-state index contributed by atoms with van der Waals surface area (Å²) in [5, 5.41) is 9.24. The smallest absolute Gasteiger partial charge is 0.141 e. The first kappa shape index (κ1) is 9.58. The fraction of sp³-hybridized carbons (Fsp3) is 0.300. The van der Waals surface area contributed by atoms with Gasteiger partial charge in [-0.15, -0.1) is 0 Å². The summed E-state index contributed by atoms with van der Waals surface area (Å²) < 4.78 is 0. The molecule has 0 aliphatic rings. The molecule has 0 aromatic carbocycles. The molecule has 1 heterocycles. The Hall–Kier alpha value is -1.51. The van der Waals surface area contributed by atoms with Crippen LogP contribution in [0.4, 0.5) is 0 Å². The van der Waals surface area contributed by atoms with Crippen LogP contribution in [0.15, 0.2) is 18.4 Å². The number of aromatic nitrogens is 2. The monoisotopic (exact) mass is 178 g/mol. The van der Waals surface area contributed by atoms with Crippen LogP contribution in [-0.4, -0.2) is 15.1 Å². The number of imidazole rings is 1. The van der Waals surface area contributed by atoms with Crippen LogP contribution in [0.25, 0.3) is 5.57 Å². The summed E-state index contributed by atoms with van der Waals surface area (Å²) in [6.07, 6.45) is 1.78. The van der Waals surface area contributed by atoms with Crippen molar-refractivity contribution in [3.05, 3.63) is 35.6 Å². The van der Waals surface area contributed by atoms with E-state index in [2.05, 4.69) is 16.5 Å². The molecule has 0 bridgehead atoms. The van der Waals surface area contributed by atoms with Crippen LogP contribution in [0.2, 0.25) is 0 Å². The van der Waals surface area contributed by atoms with Crippen molar-refractivity contribution in [2.75, 3.05) is 0 Å². The molecule has 1 aromatic rings. The highest BCUT2D eigenvalue weighted by molar-refractivity contribution is 5.71. The van der Waals surface area contributed by atoms with Gasteiger partial charge in [0.2, 0.25) is 0 Å². The number of nitrogens with one attached hydrogen (secondary N) is 1. The number of aliphatic hydroxyl groups is 1. The lowest BCUT2D eigenvalue weighted by Gasteiger charge is -1.99. The number of H-pyrrole nitrogens is 1. The Morgan fingerprint density at radius 3 is 2.46 bits per heavy atom. The molecule has 1 aromatic heterocycles. The molecule has 3 heteroatoms. The van der Waals surface area contributed by atoms with Crippen molar-refractivity contribution < 1.29 is 5.11 Å². The van der Waals surface area contributed by atoms with Gasteiger partial charge in [-0.25, -0.2) is 4.98 Å². The fourth-order valence-electron chi connectivity index (χ4n) is 1.12. The maximum Gasteiger partial charge on any atom is 0.141 e. The average Bonchev–Trinajstić information content (AvgIpc) is 2.32. The molecular formula is C10H14N2O. The number of allylic oxidation sites excluding steroid dienone is 2. The third-order valence-electron chi connectivity index (χ3n) is 1.98. The number of hydrogen-bond acceptors (Lipinski definition) is 2.